The lowest BCUT2D eigenvalue weighted by Gasteiger charge is -2.15. The highest BCUT2D eigenvalue weighted by Crippen LogP contribution is 2.21. The van der Waals surface area contributed by atoms with Crippen LogP contribution in [0.3, 0.4) is 0 Å². The van der Waals surface area contributed by atoms with Gasteiger partial charge in [0.2, 0.25) is 10.0 Å². The van der Waals surface area contributed by atoms with Crippen LogP contribution in [0.15, 0.2) is 17.0 Å². The van der Waals surface area contributed by atoms with Crippen LogP contribution >= 0.6 is 0 Å². The van der Waals surface area contributed by atoms with Gasteiger partial charge in [0.1, 0.15) is 5.82 Å². The Labute approximate surface area is 118 Å². The van der Waals surface area contributed by atoms with Gasteiger partial charge >= 0.3 is 0 Å². The van der Waals surface area contributed by atoms with Crippen LogP contribution in [0.25, 0.3) is 0 Å². The zero-order chi connectivity index (χ0) is 14.8. The lowest BCUT2D eigenvalue weighted by Crippen LogP contribution is -2.35. The van der Waals surface area contributed by atoms with E-state index in [1.807, 2.05) is 0 Å². The van der Waals surface area contributed by atoms with Gasteiger partial charge in [-0.3, -0.25) is 0 Å². The fraction of sp³-hybridized carbons (Fsp3) is 0.538. The molecular formula is C13H19FN2O3S. The normalized spacial score (nSPS) is 19.4. The van der Waals surface area contributed by atoms with E-state index >= 15 is 0 Å². The van der Waals surface area contributed by atoms with Crippen LogP contribution in [0.1, 0.15) is 17.5 Å². The molecule has 0 radical (unpaired) electrons. The molecule has 0 amide bonds. The molecule has 1 aliphatic rings. The molecule has 0 aliphatic carbocycles. The summed E-state index contributed by atoms with van der Waals surface area (Å²) >= 11 is 0. The van der Waals surface area contributed by atoms with Crippen molar-refractivity contribution < 1.29 is 17.5 Å². The molecule has 2 rings (SSSR count). The summed E-state index contributed by atoms with van der Waals surface area (Å²) in [5.74, 6) is -0.513. The number of hydrogen-bond acceptors (Lipinski definition) is 4. The highest BCUT2D eigenvalue weighted by atomic mass is 32.2. The predicted molar refractivity (Wildman–Crippen MR) is 73.4 cm³/mol. The average Bonchev–Trinajstić information content (AvgIpc) is 2.85. The molecule has 1 aromatic carbocycles. The van der Waals surface area contributed by atoms with Crippen molar-refractivity contribution >= 4 is 10.0 Å². The van der Waals surface area contributed by atoms with E-state index in [-0.39, 0.29) is 16.5 Å². The third kappa shape index (κ3) is 3.35. The maximum absolute atomic E-state index is 13.9. The first kappa shape index (κ1) is 15.4. The highest BCUT2D eigenvalue weighted by Gasteiger charge is 2.26. The minimum absolute atomic E-state index is 0.00495. The molecule has 1 aromatic rings. The van der Waals surface area contributed by atoms with Crippen LogP contribution in [-0.2, 0) is 21.3 Å². The summed E-state index contributed by atoms with van der Waals surface area (Å²) < 4.78 is 46.3. The van der Waals surface area contributed by atoms with Crippen LogP contribution in [0.4, 0.5) is 4.39 Å². The summed E-state index contributed by atoms with van der Waals surface area (Å²) in [7, 11) is -2.01. The molecule has 1 unspecified atom stereocenters. The first-order valence-electron chi connectivity index (χ1n) is 6.47. The smallest absolute Gasteiger partial charge is 0.241 e. The summed E-state index contributed by atoms with van der Waals surface area (Å²) in [5.41, 5.74) is 0.731. The molecule has 1 heterocycles. The van der Waals surface area contributed by atoms with Gasteiger partial charge in [0.25, 0.3) is 0 Å². The van der Waals surface area contributed by atoms with Crippen molar-refractivity contribution in [3.8, 4) is 0 Å². The molecule has 5 nitrogen and oxygen atoms in total. The predicted octanol–water partition coefficient (Wildman–Crippen LogP) is 0.921. The molecule has 0 spiro atoms. The van der Waals surface area contributed by atoms with Crippen molar-refractivity contribution in [3.63, 3.8) is 0 Å². The van der Waals surface area contributed by atoms with E-state index in [2.05, 4.69) is 10.0 Å². The number of benzene rings is 1. The molecule has 112 valence electrons. The molecule has 0 aromatic heterocycles. The number of ether oxygens (including phenoxy) is 1. The molecule has 2 N–H and O–H groups in total. The number of hydrogen-bond donors (Lipinski definition) is 2. The Balaban J connectivity index is 2.33. The fourth-order valence-corrected chi connectivity index (χ4v) is 3.76. The van der Waals surface area contributed by atoms with Crippen molar-refractivity contribution in [2.45, 2.75) is 30.8 Å². The first-order chi connectivity index (χ1) is 9.44. The van der Waals surface area contributed by atoms with Gasteiger partial charge in [0.15, 0.2) is 0 Å². The maximum atomic E-state index is 13.9. The summed E-state index contributed by atoms with van der Waals surface area (Å²) in [5, 5.41) is 2.88. The van der Waals surface area contributed by atoms with Gasteiger partial charge in [-0.2, -0.15) is 0 Å². The fourth-order valence-electron chi connectivity index (χ4n) is 2.20. The summed E-state index contributed by atoms with van der Waals surface area (Å²) in [4.78, 5) is -0.00495. The van der Waals surface area contributed by atoms with Gasteiger partial charge in [-0.1, -0.05) is 0 Å². The Hall–Kier alpha value is -1.02. The molecule has 7 heteroatoms. The van der Waals surface area contributed by atoms with Crippen LogP contribution in [0.5, 0.6) is 0 Å². The number of rotatable bonds is 5. The Morgan fingerprint density at radius 3 is 2.80 bits per heavy atom. The Morgan fingerprint density at radius 2 is 2.20 bits per heavy atom. The molecule has 0 bridgehead atoms. The quantitative estimate of drug-likeness (QED) is 0.849. The number of sulfonamides is 1. The van der Waals surface area contributed by atoms with E-state index in [0.29, 0.717) is 31.7 Å². The van der Waals surface area contributed by atoms with Crippen LogP contribution in [0, 0.1) is 12.7 Å². The van der Waals surface area contributed by atoms with E-state index in [0.717, 1.165) is 0 Å². The van der Waals surface area contributed by atoms with E-state index in [9.17, 15) is 12.8 Å². The highest BCUT2D eigenvalue weighted by molar-refractivity contribution is 7.89. The van der Waals surface area contributed by atoms with Crippen molar-refractivity contribution in [1.29, 1.82) is 0 Å². The molecule has 1 fully saturated rings. The number of nitrogens with one attached hydrogen (secondary N) is 2. The third-order valence-electron chi connectivity index (χ3n) is 3.28. The van der Waals surface area contributed by atoms with Gasteiger partial charge in [0, 0.05) is 24.8 Å². The maximum Gasteiger partial charge on any atom is 0.241 e. The van der Waals surface area contributed by atoms with Gasteiger partial charge in [0.05, 0.1) is 11.5 Å². The second-order valence-electron chi connectivity index (χ2n) is 4.91. The molecule has 1 aliphatic heterocycles. The van der Waals surface area contributed by atoms with Gasteiger partial charge in [-0.25, -0.2) is 17.5 Å². The Kier molecular flexibility index (Phi) is 4.74. The Morgan fingerprint density at radius 1 is 1.45 bits per heavy atom. The van der Waals surface area contributed by atoms with Crippen molar-refractivity contribution in [2.24, 2.45) is 0 Å². The van der Waals surface area contributed by atoms with Gasteiger partial charge in [-0.05, 0) is 38.1 Å². The van der Waals surface area contributed by atoms with E-state index in [1.54, 1.807) is 7.05 Å². The first-order valence-corrected chi connectivity index (χ1v) is 7.96. The lowest BCUT2D eigenvalue weighted by molar-refractivity contribution is 0.192. The standard InChI is InChI=1S/C13H19FN2O3S/c1-9-12(14)5-10(7-15-2)6-13(9)20(17,18)16-11-3-4-19-8-11/h5-6,11,15-16H,3-4,7-8H2,1-2H3. The van der Waals surface area contributed by atoms with Crippen molar-refractivity contribution in [2.75, 3.05) is 20.3 Å². The van der Waals surface area contributed by atoms with Crippen molar-refractivity contribution in [3.05, 3.63) is 29.1 Å². The van der Waals surface area contributed by atoms with E-state index in [1.165, 1.54) is 19.1 Å². The topological polar surface area (TPSA) is 67.4 Å². The molecule has 1 saturated heterocycles. The van der Waals surface area contributed by atoms with Crippen LogP contribution in [0.2, 0.25) is 0 Å². The molecule has 20 heavy (non-hydrogen) atoms. The van der Waals surface area contributed by atoms with Crippen LogP contribution < -0.4 is 10.0 Å². The second kappa shape index (κ2) is 6.17. The summed E-state index contributed by atoms with van der Waals surface area (Å²) in [6, 6.07) is 2.62. The monoisotopic (exact) mass is 302 g/mol. The lowest BCUT2D eigenvalue weighted by atomic mass is 10.1. The molecule has 0 saturated carbocycles. The minimum Gasteiger partial charge on any atom is -0.380 e. The zero-order valence-electron chi connectivity index (χ0n) is 11.6. The minimum atomic E-state index is -3.74. The van der Waals surface area contributed by atoms with E-state index in [4.69, 9.17) is 4.74 Å². The second-order valence-corrected chi connectivity index (χ2v) is 6.60. The molecular weight excluding hydrogens is 283 g/mol. The van der Waals surface area contributed by atoms with Gasteiger partial charge in [-0.15, -0.1) is 0 Å². The zero-order valence-corrected chi connectivity index (χ0v) is 12.4. The average molecular weight is 302 g/mol. The third-order valence-corrected chi connectivity index (χ3v) is 4.93. The summed E-state index contributed by atoms with van der Waals surface area (Å²) in [6.07, 6.45) is 0.636. The van der Waals surface area contributed by atoms with Gasteiger partial charge < -0.3 is 10.1 Å². The Bertz CT molecular complexity index is 584. The molecule has 1 atom stereocenters. The van der Waals surface area contributed by atoms with Crippen LogP contribution in [-0.4, -0.2) is 34.7 Å². The SMILES string of the molecule is CNCc1cc(F)c(C)c(S(=O)(=O)NC2CCOC2)c1. The number of halogens is 1. The largest absolute Gasteiger partial charge is 0.380 e. The van der Waals surface area contributed by atoms with Crippen molar-refractivity contribution in [1.82, 2.24) is 10.0 Å². The van der Waals surface area contributed by atoms with E-state index < -0.39 is 15.8 Å². The summed E-state index contributed by atoms with van der Waals surface area (Å²) in [6.45, 7) is 2.78.